The zero-order valence-corrected chi connectivity index (χ0v) is 5.85. The maximum Gasteiger partial charge on any atom is 0.0120 e. The highest BCUT2D eigenvalue weighted by Crippen LogP contribution is 2.28. The van der Waals surface area contributed by atoms with Crippen LogP contribution in [0.1, 0.15) is 26.7 Å². The highest BCUT2D eigenvalue weighted by molar-refractivity contribution is 4.91. The molecule has 1 nitrogen and oxygen atoms in total. The van der Waals surface area contributed by atoms with Gasteiger partial charge >= 0.3 is 0 Å². The summed E-state index contributed by atoms with van der Waals surface area (Å²) < 4.78 is 0. The fourth-order valence-electron chi connectivity index (χ4n) is 1.24. The molecule has 2 fully saturated rings. The van der Waals surface area contributed by atoms with Gasteiger partial charge in [-0.3, -0.25) is 0 Å². The highest BCUT2D eigenvalue weighted by atomic mass is 15.3. The molecule has 2 saturated heterocycles. The van der Waals surface area contributed by atoms with Crippen LogP contribution in [0, 0.1) is 0 Å². The number of hydrogen-bond donors (Lipinski definition) is 0. The van der Waals surface area contributed by atoms with E-state index in [1.54, 1.807) is 0 Å². The molecule has 2 rings (SSSR count). The standard InChI is InChI=1S/C5H9N.C2H6/c1-3-6-4-2-5(1)6;1-2/h5H,1-4H2;1-2H3. The summed E-state index contributed by atoms with van der Waals surface area (Å²) in [5.74, 6) is 0. The van der Waals surface area contributed by atoms with Gasteiger partial charge in [0.25, 0.3) is 0 Å². The Hall–Kier alpha value is -0.0400. The first kappa shape index (κ1) is 6.09. The van der Waals surface area contributed by atoms with Crippen LogP contribution in [0.2, 0.25) is 0 Å². The average molecular weight is 113 g/mol. The van der Waals surface area contributed by atoms with E-state index in [1.807, 2.05) is 13.8 Å². The Morgan fingerprint density at radius 3 is 1.50 bits per heavy atom. The van der Waals surface area contributed by atoms with E-state index < -0.39 is 0 Å². The lowest BCUT2D eigenvalue weighted by atomic mass is 9.91. The molecule has 0 amide bonds. The first-order valence-corrected chi connectivity index (χ1v) is 3.71. The summed E-state index contributed by atoms with van der Waals surface area (Å²) in [6.07, 6.45) is 2.97. The minimum atomic E-state index is 1.05. The van der Waals surface area contributed by atoms with Crippen molar-refractivity contribution in [1.82, 2.24) is 4.90 Å². The lowest BCUT2D eigenvalue weighted by molar-refractivity contribution is -0.00222. The van der Waals surface area contributed by atoms with Crippen LogP contribution in [0.5, 0.6) is 0 Å². The second-order valence-corrected chi connectivity index (χ2v) is 2.27. The maximum absolute atomic E-state index is 2.53. The van der Waals surface area contributed by atoms with Crippen LogP contribution in [0.25, 0.3) is 0 Å². The van der Waals surface area contributed by atoms with Crippen molar-refractivity contribution in [2.45, 2.75) is 32.7 Å². The molecule has 0 aromatic rings. The van der Waals surface area contributed by atoms with Gasteiger partial charge in [0.05, 0.1) is 0 Å². The Bertz CT molecular complexity index is 52.8. The molecular formula is C7H15N. The predicted molar refractivity (Wildman–Crippen MR) is 35.9 cm³/mol. The van der Waals surface area contributed by atoms with Crippen molar-refractivity contribution in [1.29, 1.82) is 0 Å². The van der Waals surface area contributed by atoms with Gasteiger partial charge in [-0.05, 0) is 25.9 Å². The van der Waals surface area contributed by atoms with E-state index in [4.69, 9.17) is 0 Å². The van der Waals surface area contributed by atoms with Crippen LogP contribution in [0.3, 0.4) is 0 Å². The smallest absolute Gasteiger partial charge is 0.0120 e. The van der Waals surface area contributed by atoms with Crippen molar-refractivity contribution in [3.63, 3.8) is 0 Å². The fourth-order valence-corrected chi connectivity index (χ4v) is 1.24. The van der Waals surface area contributed by atoms with Gasteiger partial charge in [0.1, 0.15) is 0 Å². The van der Waals surface area contributed by atoms with Crippen LogP contribution < -0.4 is 0 Å². The Labute approximate surface area is 51.7 Å². The molecule has 0 aromatic carbocycles. The zero-order chi connectivity index (χ0) is 5.98. The van der Waals surface area contributed by atoms with Gasteiger partial charge < -0.3 is 4.90 Å². The van der Waals surface area contributed by atoms with Gasteiger partial charge in [-0.2, -0.15) is 0 Å². The number of rotatable bonds is 0. The molecule has 2 heterocycles. The summed E-state index contributed by atoms with van der Waals surface area (Å²) in [6, 6.07) is 1.05. The van der Waals surface area contributed by atoms with Gasteiger partial charge in [0.15, 0.2) is 0 Å². The van der Waals surface area contributed by atoms with E-state index in [2.05, 4.69) is 4.90 Å². The SMILES string of the molecule is C1CN2CCC12.CC. The molecular weight excluding hydrogens is 98.1 g/mol. The zero-order valence-electron chi connectivity index (χ0n) is 5.85. The first-order chi connectivity index (χ1) is 3.97. The van der Waals surface area contributed by atoms with E-state index >= 15 is 0 Å². The molecule has 2 aliphatic rings. The minimum absolute atomic E-state index is 1.05. The number of nitrogens with zero attached hydrogens (tertiary/aromatic N) is 1. The van der Waals surface area contributed by atoms with Crippen LogP contribution in [-0.4, -0.2) is 24.0 Å². The summed E-state index contributed by atoms with van der Waals surface area (Å²) in [4.78, 5) is 2.53. The molecule has 0 atom stereocenters. The monoisotopic (exact) mass is 113 g/mol. The van der Waals surface area contributed by atoms with E-state index in [1.165, 1.54) is 25.9 Å². The Balaban J connectivity index is 0.000000147. The number of piperidine rings is 1. The largest absolute Gasteiger partial charge is 0.300 e. The molecule has 0 spiro atoms. The van der Waals surface area contributed by atoms with Crippen LogP contribution in [0.15, 0.2) is 0 Å². The van der Waals surface area contributed by atoms with Crippen molar-refractivity contribution in [2.75, 3.05) is 13.1 Å². The lowest BCUT2D eigenvalue weighted by Crippen LogP contribution is -2.57. The van der Waals surface area contributed by atoms with Gasteiger partial charge in [-0.15, -0.1) is 0 Å². The fraction of sp³-hybridized carbons (Fsp3) is 1.00. The first-order valence-electron chi connectivity index (χ1n) is 3.71. The molecule has 0 saturated carbocycles. The summed E-state index contributed by atoms with van der Waals surface area (Å²) >= 11 is 0. The minimum Gasteiger partial charge on any atom is -0.300 e. The van der Waals surface area contributed by atoms with Gasteiger partial charge in [0, 0.05) is 6.04 Å². The van der Waals surface area contributed by atoms with Gasteiger partial charge in [-0.1, -0.05) is 13.8 Å². The maximum atomic E-state index is 2.53. The quantitative estimate of drug-likeness (QED) is 0.460. The molecule has 0 unspecified atom stereocenters. The van der Waals surface area contributed by atoms with Crippen molar-refractivity contribution in [2.24, 2.45) is 0 Å². The molecule has 0 aliphatic carbocycles. The average Bonchev–Trinajstić information content (AvgIpc) is 1.83. The third kappa shape index (κ3) is 0.752. The second kappa shape index (κ2) is 2.49. The van der Waals surface area contributed by atoms with Gasteiger partial charge in [-0.25, -0.2) is 0 Å². The van der Waals surface area contributed by atoms with E-state index in [0.717, 1.165) is 6.04 Å². The highest BCUT2D eigenvalue weighted by Gasteiger charge is 2.34. The molecule has 8 heavy (non-hydrogen) atoms. The Morgan fingerprint density at radius 2 is 1.50 bits per heavy atom. The molecule has 48 valence electrons. The molecule has 0 radical (unpaired) electrons. The molecule has 0 N–H and O–H groups in total. The summed E-state index contributed by atoms with van der Waals surface area (Å²) in [6.45, 7) is 6.79. The second-order valence-electron chi connectivity index (χ2n) is 2.27. The third-order valence-corrected chi connectivity index (χ3v) is 2.02. The third-order valence-electron chi connectivity index (χ3n) is 2.02. The molecule has 0 bridgehead atoms. The number of hydrogen-bond acceptors (Lipinski definition) is 1. The van der Waals surface area contributed by atoms with Crippen molar-refractivity contribution in [3.8, 4) is 0 Å². The van der Waals surface area contributed by atoms with E-state index in [-0.39, 0.29) is 0 Å². The van der Waals surface area contributed by atoms with Gasteiger partial charge in [0.2, 0.25) is 0 Å². The summed E-state index contributed by atoms with van der Waals surface area (Å²) in [5, 5.41) is 0. The van der Waals surface area contributed by atoms with Crippen LogP contribution in [-0.2, 0) is 0 Å². The van der Waals surface area contributed by atoms with Crippen molar-refractivity contribution >= 4 is 0 Å². The topological polar surface area (TPSA) is 3.24 Å². The lowest BCUT2D eigenvalue weighted by Gasteiger charge is -2.50. The summed E-state index contributed by atoms with van der Waals surface area (Å²) in [7, 11) is 0. The van der Waals surface area contributed by atoms with Crippen molar-refractivity contribution < 1.29 is 0 Å². The Kier molecular flexibility index (Phi) is 1.90. The normalized spacial score (nSPS) is 26.2. The summed E-state index contributed by atoms with van der Waals surface area (Å²) in [5.41, 5.74) is 0. The molecule has 1 heteroatoms. The van der Waals surface area contributed by atoms with Crippen LogP contribution in [0.4, 0.5) is 0 Å². The molecule has 0 aromatic heterocycles. The molecule has 2 aliphatic heterocycles. The van der Waals surface area contributed by atoms with Crippen LogP contribution >= 0.6 is 0 Å². The van der Waals surface area contributed by atoms with E-state index in [9.17, 15) is 0 Å². The predicted octanol–water partition coefficient (Wildman–Crippen LogP) is 1.49. The van der Waals surface area contributed by atoms with E-state index in [0.29, 0.717) is 0 Å². The van der Waals surface area contributed by atoms with Crippen molar-refractivity contribution in [3.05, 3.63) is 0 Å². The Morgan fingerprint density at radius 1 is 1.12 bits per heavy atom. The number of fused-ring (bicyclic) bond motifs is 1.